The SMILES string of the molecule is CC(NC(=O)c1ccc(Br)cc1)C(C)(C)C. The fourth-order valence-electron chi connectivity index (χ4n) is 1.10. The molecule has 1 aromatic carbocycles. The van der Waals surface area contributed by atoms with E-state index in [0.717, 1.165) is 4.47 Å². The third-order valence-corrected chi connectivity index (χ3v) is 3.28. The molecule has 0 saturated heterocycles. The Morgan fingerprint density at radius 2 is 1.75 bits per heavy atom. The van der Waals surface area contributed by atoms with Crippen LogP contribution >= 0.6 is 15.9 Å². The number of halogens is 1. The molecule has 1 N–H and O–H groups in total. The fraction of sp³-hybridized carbons (Fsp3) is 0.462. The van der Waals surface area contributed by atoms with E-state index in [1.807, 2.05) is 31.2 Å². The molecule has 1 rings (SSSR count). The molecule has 3 heteroatoms. The van der Waals surface area contributed by atoms with Crippen LogP contribution in [0, 0.1) is 5.41 Å². The van der Waals surface area contributed by atoms with Crippen LogP contribution in [0.4, 0.5) is 0 Å². The van der Waals surface area contributed by atoms with Crippen molar-refractivity contribution < 1.29 is 4.79 Å². The number of hydrogen-bond acceptors (Lipinski definition) is 1. The number of carbonyl (C=O) groups is 1. The smallest absolute Gasteiger partial charge is 0.251 e. The highest BCUT2D eigenvalue weighted by molar-refractivity contribution is 9.10. The summed E-state index contributed by atoms with van der Waals surface area (Å²) in [5.74, 6) is -0.0186. The minimum Gasteiger partial charge on any atom is -0.349 e. The Balaban J connectivity index is 2.70. The van der Waals surface area contributed by atoms with E-state index in [1.54, 1.807) is 0 Å². The van der Waals surface area contributed by atoms with Crippen LogP contribution in [-0.4, -0.2) is 11.9 Å². The lowest BCUT2D eigenvalue weighted by atomic mass is 9.88. The van der Waals surface area contributed by atoms with Crippen LogP contribution in [0.15, 0.2) is 28.7 Å². The number of amides is 1. The molecular formula is C13H18BrNO. The Hall–Kier alpha value is -0.830. The molecule has 88 valence electrons. The largest absolute Gasteiger partial charge is 0.349 e. The predicted octanol–water partition coefficient (Wildman–Crippen LogP) is 3.61. The van der Waals surface area contributed by atoms with Crippen LogP contribution in [-0.2, 0) is 0 Å². The van der Waals surface area contributed by atoms with Gasteiger partial charge in [0.1, 0.15) is 0 Å². The van der Waals surface area contributed by atoms with Crippen molar-refractivity contribution in [3.8, 4) is 0 Å². The van der Waals surface area contributed by atoms with Crippen LogP contribution in [0.3, 0.4) is 0 Å². The van der Waals surface area contributed by atoms with E-state index in [2.05, 4.69) is 42.0 Å². The predicted molar refractivity (Wildman–Crippen MR) is 70.5 cm³/mol. The molecule has 0 aliphatic rings. The Morgan fingerprint density at radius 3 is 2.19 bits per heavy atom. The molecule has 16 heavy (non-hydrogen) atoms. The maximum Gasteiger partial charge on any atom is 0.251 e. The van der Waals surface area contributed by atoms with Crippen molar-refractivity contribution in [1.82, 2.24) is 5.32 Å². The zero-order valence-corrected chi connectivity index (χ0v) is 11.8. The lowest BCUT2D eigenvalue weighted by molar-refractivity contribution is 0.0910. The molecule has 0 heterocycles. The second-order valence-corrected chi connectivity index (χ2v) is 5.98. The summed E-state index contributed by atoms with van der Waals surface area (Å²) in [7, 11) is 0. The standard InChI is InChI=1S/C13H18BrNO/c1-9(13(2,3)4)15-12(16)10-5-7-11(14)8-6-10/h5-9H,1-4H3,(H,15,16). The summed E-state index contributed by atoms with van der Waals surface area (Å²) in [4.78, 5) is 11.9. The number of nitrogens with one attached hydrogen (secondary N) is 1. The molecule has 2 nitrogen and oxygen atoms in total. The van der Waals surface area contributed by atoms with Crippen LogP contribution in [0.5, 0.6) is 0 Å². The van der Waals surface area contributed by atoms with E-state index in [4.69, 9.17) is 0 Å². The van der Waals surface area contributed by atoms with E-state index >= 15 is 0 Å². The van der Waals surface area contributed by atoms with E-state index in [0.29, 0.717) is 5.56 Å². The topological polar surface area (TPSA) is 29.1 Å². The Kier molecular flexibility index (Phi) is 4.14. The summed E-state index contributed by atoms with van der Waals surface area (Å²) < 4.78 is 0.980. The first kappa shape index (κ1) is 13.2. The lowest BCUT2D eigenvalue weighted by Crippen LogP contribution is -2.41. The van der Waals surface area contributed by atoms with Gasteiger partial charge < -0.3 is 5.32 Å². The summed E-state index contributed by atoms with van der Waals surface area (Å²) in [6.45, 7) is 8.36. The normalized spacial score (nSPS) is 13.3. The van der Waals surface area contributed by atoms with Crippen LogP contribution in [0.1, 0.15) is 38.1 Å². The van der Waals surface area contributed by atoms with Gasteiger partial charge in [0.05, 0.1) is 0 Å². The van der Waals surface area contributed by atoms with Crippen molar-refractivity contribution in [2.75, 3.05) is 0 Å². The first-order valence-electron chi connectivity index (χ1n) is 5.37. The average molecular weight is 284 g/mol. The van der Waals surface area contributed by atoms with Gasteiger partial charge >= 0.3 is 0 Å². The number of carbonyl (C=O) groups excluding carboxylic acids is 1. The molecule has 1 unspecified atom stereocenters. The van der Waals surface area contributed by atoms with Gasteiger partial charge in [-0.1, -0.05) is 36.7 Å². The Morgan fingerprint density at radius 1 is 1.25 bits per heavy atom. The number of rotatable bonds is 2. The van der Waals surface area contributed by atoms with Crippen LogP contribution < -0.4 is 5.32 Å². The molecule has 0 fully saturated rings. The molecule has 0 radical (unpaired) electrons. The summed E-state index contributed by atoms with van der Waals surface area (Å²) in [6.07, 6.45) is 0. The van der Waals surface area contributed by atoms with Crippen molar-refractivity contribution >= 4 is 21.8 Å². The number of hydrogen-bond donors (Lipinski definition) is 1. The van der Waals surface area contributed by atoms with Gasteiger partial charge in [0.15, 0.2) is 0 Å². The second kappa shape index (κ2) is 5.00. The summed E-state index contributed by atoms with van der Waals surface area (Å²) in [6, 6.07) is 7.51. The van der Waals surface area contributed by atoms with Crippen molar-refractivity contribution in [2.45, 2.75) is 33.7 Å². The van der Waals surface area contributed by atoms with Crippen molar-refractivity contribution in [3.63, 3.8) is 0 Å². The Labute approximate surface area is 106 Å². The summed E-state index contributed by atoms with van der Waals surface area (Å²) >= 11 is 3.35. The molecule has 1 amide bonds. The third-order valence-electron chi connectivity index (χ3n) is 2.75. The third kappa shape index (κ3) is 3.63. The highest BCUT2D eigenvalue weighted by atomic mass is 79.9. The molecule has 0 spiro atoms. The quantitative estimate of drug-likeness (QED) is 0.883. The maximum atomic E-state index is 11.9. The minimum atomic E-state index is -0.0186. The molecule has 0 saturated carbocycles. The Bertz CT molecular complexity index is 365. The van der Waals surface area contributed by atoms with Gasteiger partial charge in [-0.15, -0.1) is 0 Å². The van der Waals surface area contributed by atoms with Gasteiger partial charge in [0, 0.05) is 16.1 Å². The van der Waals surface area contributed by atoms with E-state index < -0.39 is 0 Å². The van der Waals surface area contributed by atoms with E-state index in [-0.39, 0.29) is 17.4 Å². The first-order chi connectivity index (χ1) is 7.30. The monoisotopic (exact) mass is 283 g/mol. The highest BCUT2D eigenvalue weighted by Gasteiger charge is 2.21. The first-order valence-corrected chi connectivity index (χ1v) is 6.16. The molecule has 0 aliphatic carbocycles. The van der Waals surface area contributed by atoms with Gasteiger partial charge in [-0.05, 0) is 36.6 Å². The van der Waals surface area contributed by atoms with Gasteiger partial charge in [0.2, 0.25) is 0 Å². The van der Waals surface area contributed by atoms with Gasteiger partial charge in [-0.25, -0.2) is 0 Å². The summed E-state index contributed by atoms with van der Waals surface area (Å²) in [5, 5.41) is 3.00. The van der Waals surface area contributed by atoms with Gasteiger partial charge in [-0.2, -0.15) is 0 Å². The molecule has 0 bridgehead atoms. The lowest BCUT2D eigenvalue weighted by Gasteiger charge is -2.28. The second-order valence-electron chi connectivity index (χ2n) is 5.07. The number of benzene rings is 1. The van der Waals surface area contributed by atoms with Crippen LogP contribution in [0.25, 0.3) is 0 Å². The molecular weight excluding hydrogens is 266 g/mol. The van der Waals surface area contributed by atoms with E-state index in [1.165, 1.54) is 0 Å². The minimum absolute atomic E-state index is 0.0186. The maximum absolute atomic E-state index is 11.9. The highest BCUT2D eigenvalue weighted by Crippen LogP contribution is 2.19. The molecule has 1 aromatic rings. The average Bonchev–Trinajstić information content (AvgIpc) is 2.17. The van der Waals surface area contributed by atoms with Crippen molar-refractivity contribution in [2.24, 2.45) is 5.41 Å². The molecule has 1 atom stereocenters. The van der Waals surface area contributed by atoms with E-state index in [9.17, 15) is 4.79 Å². The molecule has 0 aliphatic heterocycles. The van der Waals surface area contributed by atoms with Crippen molar-refractivity contribution in [3.05, 3.63) is 34.3 Å². The fourth-order valence-corrected chi connectivity index (χ4v) is 1.36. The van der Waals surface area contributed by atoms with Gasteiger partial charge in [-0.3, -0.25) is 4.79 Å². The zero-order chi connectivity index (χ0) is 12.3. The van der Waals surface area contributed by atoms with Gasteiger partial charge in [0.25, 0.3) is 5.91 Å². The van der Waals surface area contributed by atoms with Crippen molar-refractivity contribution in [1.29, 1.82) is 0 Å². The summed E-state index contributed by atoms with van der Waals surface area (Å²) in [5.41, 5.74) is 0.768. The van der Waals surface area contributed by atoms with Crippen LogP contribution in [0.2, 0.25) is 0 Å². The molecule has 0 aromatic heterocycles. The zero-order valence-electron chi connectivity index (χ0n) is 10.2.